The van der Waals surface area contributed by atoms with Crippen LogP contribution >= 0.6 is 15.9 Å². The van der Waals surface area contributed by atoms with Crippen molar-refractivity contribution in [2.24, 2.45) is 0 Å². The summed E-state index contributed by atoms with van der Waals surface area (Å²) in [5.41, 5.74) is 3.10. The topological polar surface area (TPSA) is 71.3 Å². The highest BCUT2D eigenvalue weighted by Gasteiger charge is 2.13. The third-order valence-corrected chi connectivity index (χ3v) is 5.05. The molecule has 146 valence electrons. The van der Waals surface area contributed by atoms with E-state index in [2.05, 4.69) is 36.6 Å². The molecule has 0 saturated carbocycles. The van der Waals surface area contributed by atoms with Gasteiger partial charge in [0.05, 0.1) is 16.4 Å². The van der Waals surface area contributed by atoms with Crippen molar-refractivity contribution in [1.82, 2.24) is 19.9 Å². The average Bonchev–Trinajstić information content (AvgIpc) is 3.13. The minimum Gasteiger partial charge on any atom is -0.366 e. The van der Waals surface area contributed by atoms with Crippen molar-refractivity contribution in [3.63, 3.8) is 0 Å². The standard InChI is InChI=1S/C21H17BrFN5O/c1-24-21(29)14-8-6-13(7-9-14)11-25-19-10-18(15-4-2-3-5-17(15)23)27-20-16(22)12-26-28(19)20/h2-10,12,25H,11H2,1H3,(H,24,29). The number of carbonyl (C=O) groups excluding carboxylic acids is 1. The number of nitrogens with zero attached hydrogens (tertiary/aromatic N) is 3. The van der Waals surface area contributed by atoms with Crippen LogP contribution in [0.25, 0.3) is 16.9 Å². The van der Waals surface area contributed by atoms with Crippen LogP contribution in [0.1, 0.15) is 15.9 Å². The maximum atomic E-state index is 14.3. The molecule has 6 nitrogen and oxygen atoms in total. The molecule has 8 heteroatoms. The van der Waals surface area contributed by atoms with Crippen LogP contribution in [0.2, 0.25) is 0 Å². The van der Waals surface area contributed by atoms with E-state index >= 15 is 0 Å². The summed E-state index contributed by atoms with van der Waals surface area (Å²) >= 11 is 3.45. The molecule has 2 N–H and O–H groups in total. The molecule has 2 aromatic carbocycles. The molecule has 0 radical (unpaired) electrons. The number of hydrogen-bond acceptors (Lipinski definition) is 4. The van der Waals surface area contributed by atoms with Gasteiger partial charge >= 0.3 is 0 Å². The van der Waals surface area contributed by atoms with Crippen LogP contribution in [0.15, 0.2) is 65.3 Å². The summed E-state index contributed by atoms with van der Waals surface area (Å²) in [5, 5.41) is 10.3. The predicted molar refractivity (Wildman–Crippen MR) is 113 cm³/mol. The smallest absolute Gasteiger partial charge is 0.251 e. The van der Waals surface area contributed by atoms with E-state index in [4.69, 9.17) is 0 Å². The zero-order valence-corrected chi connectivity index (χ0v) is 17.1. The fraction of sp³-hybridized carbons (Fsp3) is 0.0952. The normalized spacial score (nSPS) is 10.9. The second kappa shape index (κ2) is 8.00. The second-order valence-corrected chi connectivity index (χ2v) is 7.22. The van der Waals surface area contributed by atoms with Gasteiger partial charge in [-0.2, -0.15) is 9.61 Å². The van der Waals surface area contributed by atoms with Gasteiger partial charge in [0.1, 0.15) is 11.6 Å². The number of fused-ring (bicyclic) bond motifs is 1. The number of aromatic nitrogens is 3. The van der Waals surface area contributed by atoms with Gasteiger partial charge in [-0.1, -0.05) is 24.3 Å². The molecule has 2 aromatic heterocycles. The molecular weight excluding hydrogens is 437 g/mol. The van der Waals surface area contributed by atoms with Crippen molar-refractivity contribution in [2.45, 2.75) is 6.54 Å². The van der Waals surface area contributed by atoms with Gasteiger partial charge in [0.15, 0.2) is 5.65 Å². The lowest BCUT2D eigenvalue weighted by Crippen LogP contribution is -2.17. The molecule has 2 heterocycles. The molecule has 4 aromatic rings. The summed E-state index contributed by atoms with van der Waals surface area (Å²) in [7, 11) is 1.60. The molecule has 4 rings (SSSR count). The van der Waals surface area contributed by atoms with Crippen LogP contribution in [0.4, 0.5) is 10.2 Å². The average molecular weight is 454 g/mol. The molecule has 0 saturated heterocycles. The van der Waals surface area contributed by atoms with Crippen molar-refractivity contribution in [2.75, 3.05) is 12.4 Å². The largest absolute Gasteiger partial charge is 0.366 e. The Balaban J connectivity index is 1.66. The van der Waals surface area contributed by atoms with Crippen LogP contribution < -0.4 is 10.6 Å². The molecule has 0 aliphatic heterocycles. The first-order valence-corrected chi connectivity index (χ1v) is 9.70. The SMILES string of the molecule is CNC(=O)c1ccc(CNc2cc(-c3ccccc3F)nc3c(Br)cnn23)cc1. The van der Waals surface area contributed by atoms with Crippen LogP contribution in [0.3, 0.4) is 0 Å². The van der Waals surface area contributed by atoms with E-state index in [9.17, 15) is 9.18 Å². The van der Waals surface area contributed by atoms with E-state index in [0.717, 1.165) is 5.56 Å². The number of amides is 1. The summed E-state index contributed by atoms with van der Waals surface area (Å²) in [4.78, 5) is 16.2. The summed E-state index contributed by atoms with van der Waals surface area (Å²) in [6, 6.07) is 15.6. The van der Waals surface area contributed by atoms with E-state index in [0.29, 0.717) is 39.3 Å². The molecule has 0 atom stereocenters. The quantitative estimate of drug-likeness (QED) is 0.473. The van der Waals surface area contributed by atoms with Crippen LogP contribution in [0, 0.1) is 5.82 Å². The van der Waals surface area contributed by atoms with Crippen molar-refractivity contribution < 1.29 is 9.18 Å². The van der Waals surface area contributed by atoms with E-state index in [1.807, 2.05) is 12.1 Å². The first-order valence-electron chi connectivity index (χ1n) is 8.91. The Morgan fingerprint density at radius 1 is 1.17 bits per heavy atom. The minimum absolute atomic E-state index is 0.128. The molecule has 0 aliphatic carbocycles. The van der Waals surface area contributed by atoms with Crippen LogP contribution in [0.5, 0.6) is 0 Å². The number of rotatable bonds is 5. The summed E-state index contributed by atoms with van der Waals surface area (Å²) in [5.74, 6) is 0.210. The van der Waals surface area contributed by atoms with Gasteiger partial charge in [0.25, 0.3) is 5.91 Å². The Labute approximate surface area is 174 Å². The fourth-order valence-electron chi connectivity index (χ4n) is 2.98. The van der Waals surface area contributed by atoms with Gasteiger partial charge in [-0.25, -0.2) is 9.37 Å². The molecular formula is C21H17BrFN5O. The molecule has 1 amide bonds. The van der Waals surface area contributed by atoms with Gasteiger partial charge in [-0.15, -0.1) is 0 Å². The zero-order valence-electron chi connectivity index (χ0n) is 15.5. The van der Waals surface area contributed by atoms with Crippen molar-refractivity contribution in [1.29, 1.82) is 0 Å². The Morgan fingerprint density at radius 2 is 1.93 bits per heavy atom. The highest BCUT2D eigenvalue weighted by molar-refractivity contribution is 9.10. The van der Waals surface area contributed by atoms with Crippen LogP contribution in [-0.2, 0) is 6.54 Å². The van der Waals surface area contributed by atoms with E-state index in [1.165, 1.54) is 6.07 Å². The molecule has 0 unspecified atom stereocenters. The van der Waals surface area contributed by atoms with Gasteiger partial charge in [-0.05, 0) is 45.8 Å². The first-order chi connectivity index (χ1) is 14.1. The van der Waals surface area contributed by atoms with Gasteiger partial charge in [0.2, 0.25) is 0 Å². The highest BCUT2D eigenvalue weighted by atomic mass is 79.9. The van der Waals surface area contributed by atoms with Crippen molar-refractivity contribution >= 4 is 33.3 Å². The molecule has 0 fully saturated rings. The summed E-state index contributed by atoms with van der Waals surface area (Å²) in [6.45, 7) is 0.501. The number of hydrogen-bond donors (Lipinski definition) is 2. The number of anilines is 1. The number of carbonyl (C=O) groups is 1. The van der Waals surface area contributed by atoms with Gasteiger partial charge in [0, 0.05) is 30.8 Å². The highest BCUT2D eigenvalue weighted by Crippen LogP contribution is 2.27. The lowest BCUT2D eigenvalue weighted by molar-refractivity contribution is 0.0963. The monoisotopic (exact) mass is 453 g/mol. The maximum absolute atomic E-state index is 14.3. The molecule has 0 aliphatic rings. The Bertz CT molecular complexity index is 1190. The Morgan fingerprint density at radius 3 is 2.66 bits per heavy atom. The minimum atomic E-state index is -0.337. The van der Waals surface area contributed by atoms with E-state index in [-0.39, 0.29) is 11.7 Å². The fourth-order valence-corrected chi connectivity index (χ4v) is 3.33. The maximum Gasteiger partial charge on any atom is 0.251 e. The molecule has 29 heavy (non-hydrogen) atoms. The summed E-state index contributed by atoms with van der Waals surface area (Å²) < 4.78 is 16.7. The number of benzene rings is 2. The third-order valence-electron chi connectivity index (χ3n) is 4.50. The Hall–Kier alpha value is -3.26. The second-order valence-electron chi connectivity index (χ2n) is 6.36. The zero-order chi connectivity index (χ0) is 20.4. The van der Waals surface area contributed by atoms with Crippen molar-refractivity contribution in [3.05, 3.63) is 82.2 Å². The van der Waals surface area contributed by atoms with Gasteiger partial charge < -0.3 is 10.6 Å². The van der Waals surface area contributed by atoms with E-state index < -0.39 is 0 Å². The molecule has 0 spiro atoms. The Kier molecular flexibility index (Phi) is 5.26. The lowest BCUT2D eigenvalue weighted by Gasteiger charge is -2.12. The van der Waals surface area contributed by atoms with Crippen molar-refractivity contribution in [3.8, 4) is 11.3 Å². The third kappa shape index (κ3) is 3.84. The number of halogens is 2. The first kappa shape index (κ1) is 19.1. The number of nitrogens with one attached hydrogen (secondary N) is 2. The van der Waals surface area contributed by atoms with Gasteiger partial charge in [-0.3, -0.25) is 4.79 Å². The van der Waals surface area contributed by atoms with Crippen LogP contribution in [-0.4, -0.2) is 27.6 Å². The molecule has 0 bridgehead atoms. The summed E-state index contributed by atoms with van der Waals surface area (Å²) in [6.07, 6.45) is 1.65. The predicted octanol–water partition coefficient (Wildman–Crippen LogP) is 4.27. The lowest BCUT2D eigenvalue weighted by atomic mass is 10.1. The van der Waals surface area contributed by atoms with E-state index in [1.54, 1.807) is 54.2 Å².